The number of benzene rings is 3. The normalized spacial score (nSPS) is 19.0. The smallest absolute Gasteiger partial charge is 0.324 e. The Morgan fingerprint density at radius 3 is 2.61 bits per heavy atom. The number of aryl methyl sites for hydroxylation is 1. The van der Waals surface area contributed by atoms with Crippen molar-refractivity contribution in [1.82, 2.24) is 0 Å². The first-order chi connectivity index (χ1) is 16.0. The lowest BCUT2D eigenvalue weighted by atomic mass is 9.69. The largest absolute Gasteiger partial charge is 0.483 e. The Morgan fingerprint density at radius 1 is 1.12 bits per heavy atom. The van der Waals surface area contributed by atoms with Gasteiger partial charge >= 0.3 is 5.97 Å². The number of allylic oxidation sites excluding steroid dienone is 1. The molecule has 0 spiro atoms. The summed E-state index contributed by atoms with van der Waals surface area (Å²) in [6.45, 7) is 2.02. The van der Waals surface area contributed by atoms with E-state index in [4.69, 9.17) is 9.47 Å². The number of halogens is 1. The second-order valence-electron chi connectivity index (χ2n) is 7.97. The lowest BCUT2D eigenvalue weighted by molar-refractivity contribution is -0.155. The first-order valence-electron chi connectivity index (χ1n) is 10.6. The number of carbonyl (C=O) groups excluding carboxylic acids is 2. The molecule has 0 fully saturated rings. The van der Waals surface area contributed by atoms with Gasteiger partial charge in [0.1, 0.15) is 11.9 Å². The zero-order chi connectivity index (χ0) is 23.4. The van der Waals surface area contributed by atoms with Crippen molar-refractivity contribution < 1.29 is 19.1 Å². The zero-order valence-electron chi connectivity index (χ0n) is 18.4. The van der Waals surface area contributed by atoms with E-state index in [1.165, 1.54) is 7.11 Å². The molecule has 0 aliphatic carbocycles. The minimum absolute atomic E-state index is 0.0793. The number of hydrogen-bond donors (Lipinski definition) is 0. The summed E-state index contributed by atoms with van der Waals surface area (Å²) in [5.41, 5.74) is 4.76. The Labute approximate surface area is 201 Å². The van der Waals surface area contributed by atoms with E-state index in [1.54, 1.807) is 30.3 Å². The van der Waals surface area contributed by atoms with Crippen molar-refractivity contribution >= 4 is 33.8 Å². The molecule has 2 unspecified atom stereocenters. The number of carbonyl (C=O) groups is 2. The average Bonchev–Trinajstić information content (AvgIpc) is 2.83. The highest BCUT2D eigenvalue weighted by molar-refractivity contribution is 9.10. The molecule has 3 aromatic rings. The monoisotopic (exact) mass is 502 g/mol. The van der Waals surface area contributed by atoms with Crippen molar-refractivity contribution in [2.75, 3.05) is 7.11 Å². The van der Waals surface area contributed by atoms with Crippen LogP contribution in [0.2, 0.25) is 0 Å². The first kappa shape index (κ1) is 22.8. The van der Waals surface area contributed by atoms with E-state index in [-0.39, 0.29) is 12.2 Å². The van der Waals surface area contributed by atoms with E-state index in [0.717, 1.165) is 15.6 Å². The number of esters is 1. The van der Waals surface area contributed by atoms with Gasteiger partial charge in [0.2, 0.25) is 0 Å². The summed E-state index contributed by atoms with van der Waals surface area (Å²) in [5.74, 6) is -0.504. The highest BCUT2D eigenvalue weighted by Gasteiger charge is 2.58. The summed E-state index contributed by atoms with van der Waals surface area (Å²) in [6, 6.07) is 22.4. The van der Waals surface area contributed by atoms with Gasteiger partial charge in [-0.05, 0) is 54.5 Å². The quantitative estimate of drug-likeness (QED) is 0.227. The minimum Gasteiger partial charge on any atom is -0.483 e. The predicted molar refractivity (Wildman–Crippen MR) is 131 cm³/mol. The van der Waals surface area contributed by atoms with Crippen molar-refractivity contribution in [1.29, 1.82) is 0 Å². The van der Waals surface area contributed by atoms with Crippen LogP contribution in [-0.2, 0) is 9.53 Å². The second-order valence-corrected chi connectivity index (χ2v) is 8.89. The highest BCUT2D eigenvalue weighted by Crippen LogP contribution is 2.49. The molecule has 0 saturated carbocycles. The van der Waals surface area contributed by atoms with E-state index in [2.05, 4.69) is 21.7 Å². The van der Waals surface area contributed by atoms with Crippen LogP contribution in [0.3, 0.4) is 0 Å². The van der Waals surface area contributed by atoms with Gasteiger partial charge in [0, 0.05) is 10.9 Å². The van der Waals surface area contributed by atoms with Gasteiger partial charge < -0.3 is 9.47 Å². The van der Waals surface area contributed by atoms with E-state index in [9.17, 15) is 9.59 Å². The predicted octanol–water partition coefficient (Wildman–Crippen LogP) is 6.49. The molecule has 0 amide bonds. The summed E-state index contributed by atoms with van der Waals surface area (Å²) in [4.78, 5) is 27.1. The fraction of sp³-hybridized carbons (Fsp3) is 0.179. The number of rotatable bonds is 5. The lowest BCUT2D eigenvalue weighted by Crippen LogP contribution is -2.49. The molecule has 0 N–H and O–H groups in total. The van der Waals surface area contributed by atoms with Crippen molar-refractivity contribution in [3.05, 3.63) is 111 Å². The zero-order valence-corrected chi connectivity index (χ0v) is 20.0. The molecule has 0 radical (unpaired) electrons. The minimum atomic E-state index is -1.58. The maximum atomic E-state index is 13.9. The molecule has 1 heterocycles. The molecule has 166 valence electrons. The van der Waals surface area contributed by atoms with Gasteiger partial charge in [0.05, 0.1) is 12.7 Å². The van der Waals surface area contributed by atoms with Crippen molar-refractivity contribution in [2.45, 2.75) is 19.4 Å². The molecule has 5 heteroatoms. The van der Waals surface area contributed by atoms with Gasteiger partial charge in [-0.1, -0.05) is 70.0 Å². The van der Waals surface area contributed by atoms with Crippen LogP contribution in [0.5, 0.6) is 5.75 Å². The van der Waals surface area contributed by atoms with E-state index < -0.39 is 17.5 Å². The van der Waals surface area contributed by atoms with Gasteiger partial charge in [-0.3, -0.25) is 9.59 Å². The molecule has 33 heavy (non-hydrogen) atoms. The molecule has 0 saturated heterocycles. The Kier molecular flexibility index (Phi) is 6.64. The third-order valence-corrected chi connectivity index (χ3v) is 6.31. The van der Waals surface area contributed by atoms with Crippen LogP contribution < -0.4 is 4.74 Å². The SMILES string of the molecule is COC(=O)C1(CC=C=Cc2cccc(C)c2)C(=O)c2ccccc2OC1c1ccc(Br)cc1. The Bertz CT molecular complexity index is 1250. The van der Waals surface area contributed by atoms with E-state index in [0.29, 0.717) is 16.9 Å². The van der Waals surface area contributed by atoms with Gasteiger partial charge in [-0.15, -0.1) is 5.73 Å². The number of Topliss-reactive ketones (excluding diaryl/α,β-unsaturated/α-hetero) is 1. The Morgan fingerprint density at radius 2 is 1.88 bits per heavy atom. The Balaban J connectivity index is 1.82. The maximum absolute atomic E-state index is 13.9. The number of para-hydroxylation sites is 1. The summed E-state index contributed by atoms with van der Waals surface area (Å²) < 4.78 is 12.4. The number of fused-ring (bicyclic) bond motifs is 1. The fourth-order valence-corrected chi connectivity index (χ4v) is 4.40. The molecule has 4 rings (SSSR count). The molecule has 0 aromatic heterocycles. The number of hydrogen-bond acceptors (Lipinski definition) is 4. The highest BCUT2D eigenvalue weighted by atomic mass is 79.9. The van der Waals surface area contributed by atoms with Crippen LogP contribution in [0, 0.1) is 12.3 Å². The fourth-order valence-electron chi connectivity index (χ4n) is 4.13. The standard InChI is InChI=1S/C28H23BrO4/c1-19-8-7-10-20(18-19)9-5-6-17-28(27(31)32-2)25(30)23-11-3-4-12-24(23)33-26(28)21-13-15-22(29)16-14-21/h3-4,6-16,18,26H,17H2,1-2H3. The van der Waals surface area contributed by atoms with Gasteiger partial charge in [-0.25, -0.2) is 0 Å². The first-order valence-corrected chi connectivity index (χ1v) is 11.4. The molecular weight excluding hydrogens is 480 g/mol. The molecule has 1 aliphatic rings. The van der Waals surface area contributed by atoms with Crippen LogP contribution in [0.4, 0.5) is 0 Å². The van der Waals surface area contributed by atoms with Crippen molar-refractivity contribution in [2.24, 2.45) is 5.41 Å². The van der Waals surface area contributed by atoms with Crippen LogP contribution >= 0.6 is 15.9 Å². The third-order valence-electron chi connectivity index (χ3n) is 5.79. The molecule has 4 nitrogen and oxygen atoms in total. The lowest BCUT2D eigenvalue weighted by Gasteiger charge is -2.40. The molecule has 3 aromatic carbocycles. The van der Waals surface area contributed by atoms with Crippen molar-refractivity contribution in [3.8, 4) is 5.75 Å². The summed E-state index contributed by atoms with van der Waals surface area (Å²) in [6.07, 6.45) is 2.77. The second kappa shape index (κ2) is 9.62. The molecule has 0 bridgehead atoms. The van der Waals surface area contributed by atoms with Gasteiger partial charge in [0.25, 0.3) is 0 Å². The van der Waals surface area contributed by atoms with Crippen LogP contribution in [0.15, 0.2) is 89.1 Å². The number of ketones is 1. The topological polar surface area (TPSA) is 52.6 Å². The van der Waals surface area contributed by atoms with Gasteiger partial charge in [-0.2, -0.15) is 0 Å². The summed E-state index contributed by atoms with van der Waals surface area (Å²) in [5, 5.41) is 0. The van der Waals surface area contributed by atoms with E-state index >= 15 is 0 Å². The molecular formula is C28H23BrO4. The van der Waals surface area contributed by atoms with Crippen LogP contribution in [0.25, 0.3) is 6.08 Å². The number of methoxy groups -OCH3 is 1. The van der Waals surface area contributed by atoms with Crippen molar-refractivity contribution in [3.63, 3.8) is 0 Å². The Hall–Kier alpha value is -3.40. The van der Waals surface area contributed by atoms with Crippen LogP contribution in [0.1, 0.15) is 39.6 Å². The average molecular weight is 503 g/mol. The summed E-state index contributed by atoms with van der Waals surface area (Å²) in [7, 11) is 1.29. The van der Waals surface area contributed by atoms with Gasteiger partial charge in [0.15, 0.2) is 11.2 Å². The summed E-state index contributed by atoms with van der Waals surface area (Å²) >= 11 is 3.44. The van der Waals surface area contributed by atoms with Crippen LogP contribution in [-0.4, -0.2) is 18.9 Å². The van der Waals surface area contributed by atoms with E-state index in [1.807, 2.05) is 61.5 Å². The maximum Gasteiger partial charge on any atom is 0.324 e. The molecule has 1 aliphatic heterocycles. The molecule has 2 atom stereocenters. The third kappa shape index (κ3) is 4.43. The number of ether oxygens (including phenoxy) is 2.